The summed E-state index contributed by atoms with van der Waals surface area (Å²) in [7, 11) is 0. The molecule has 3 aliphatic heterocycles. The average molecular weight is 338 g/mol. The Morgan fingerprint density at radius 3 is 2.80 bits per heavy atom. The van der Waals surface area contributed by atoms with Crippen LogP contribution in [0.1, 0.15) is 35.5 Å². The van der Waals surface area contributed by atoms with E-state index in [2.05, 4.69) is 27.0 Å². The van der Waals surface area contributed by atoms with Gasteiger partial charge >= 0.3 is 0 Å². The molecule has 0 aliphatic carbocycles. The van der Waals surface area contributed by atoms with Crippen molar-refractivity contribution in [3.63, 3.8) is 0 Å². The second-order valence-electron chi connectivity index (χ2n) is 6.54. The molecular formula is C18H18N4O3. The van der Waals surface area contributed by atoms with Crippen molar-refractivity contribution < 1.29 is 14.0 Å². The first-order chi connectivity index (χ1) is 12.1. The second-order valence-corrected chi connectivity index (χ2v) is 6.54. The van der Waals surface area contributed by atoms with Gasteiger partial charge in [0.25, 0.3) is 11.8 Å². The monoisotopic (exact) mass is 338 g/mol. The van der Waals surface area contributed by atoms with Gasteiger partial charge in [-0.1, -0.05) is 0 Å². The van der Waals surface area contributed by atoms with Crippen LogP contribution in [0, 0.1) is 17.8 Å². The molecule has 25 heavy (non-hydrogen) atoms. The van der Waals surface area contributed by atoms with E-state index in [0.29, 0.717) is 28.3 Å². The molecule has 0 radical (unpaired) electrons. The molecule has 3 saturated heterocycles. The fourth-order valence-electron chi connectivity index (χ4n) is 3.58. The predicted octanol–water partition coefficient (Wildman–Crippen LogP) is 0.836. The van der Waals surface area contributed by atoms with Crippen LogP contribution < -0.4 is 11.1 Å². The minimum Gasteiger partial charge on any atom is -0.448 e. The van der Waals surface area contributed by atoms with Crippen LogP contribution in [-0.2, 0) is 4.79 Å². The van der Waals surface area contributed by atoms with E-state index in [1.807, 2.05) is 0 Å². The number of hydrogen-bond acceptors (Lipinski definition) is 5. The minimum atomic E-state index is -0.726. The fourth-order valence-corrected chi connectivity index (χ4v) is 3.58. The maximum atomic E-state index is 12.5. The van der Waals surface area contributed by atoms with Crippen LogP contribution in [0.25, 0.3) is 11.0 Å². The van der Waals surface area contributed by atoms with Gasteiger partial charge in [-0.05, 0) is 31.1 Å². The van der Waals surface area contributed by atoms with Gasteiger partial charge in [0.15, 0.2) is 5.76 Å². The molecule has 3 aliphatic rings. The molecule has 7 heteroatoms. The topological polar surface area (TPSA) is 101 Å². The Bertz CT molecular complexity index is 900. The summed E-state index contributed by atoms with van der Waals surface area (Å²) in [6, 6.07) is 3.25. The Hall–Kier alpha value is -2.85. The van der Waals surface area contributed by atoms with E-state index >= 15 is 0 Å². The molecule has 3 fully saturated rings. The molecular weight excluding hydrogens is 320 g/mol. The van der Waals surface area contributed by atoms with Crippen molar-refractivity contribution in [3.8, 4) is 11.8 Å². The number of amides is 2. The zero-order valence-corrected chi connectivity index (χ0v) is 13.6. The zero-order valence-electron chi connectivity index (χ0n) is 13.6. The minimum absolute atomic E-state index is 0.0890. The normalized spacial score (nSPS) is 24.6. The summed E-state index contributed by atoms with van der Waals surface area (Å²) in [6.45, 7) is 2.09. The predicted molar refractivity (Wildman–Crippen MR) is 90.2 cm³/mol. The van der Waals surface area contributed by atoms with Gasteiger partial charge in [-0.25, -0.2) is 0 Å². The number of pyridine rings is 1. The van der Waals surface area contributed by atoms with Gasteiger partial charge in [-0.15, -0.1) is 0 Å². The van der Waals surface area contributed by atoms with Crippen molar-refractivity contribution in [2.24, 2.45) is 11.7 Å². The van der Waals surface area contributed by atoms with Crippen molar-refractivity contribution in [1.82, 2.24) is 15.2 Å². The Morgan fingerprint density at radius 2 is 2.12 bits per heavy atom. The van der Waals surface area contributed by atoms with Crippen molar-refractivity contribution >= 4 is 22.8 Å². The standard InChI is InChI=1S/C18H18N4O3/c19-16(23)2-1-13-8-12-10-20-14(9-15(12)25-13)18(24)21-17-7-11-3-5-22(17)6-4-11/h8-11,17H,3-7H2,(H2,19,23)(H,21,24). The summed E-state index contributed by atoms with van der Waals surface area (Å²) in [5, 5.41) is 3.79. The van der Waals surface area contributed by atoms with Gasteiger partial charge in [-0.3, -0.25) is 19.5 Å². The number of piperidine rings is 3. The number of aromatic nitrogens is 1. The first-order valence-corrected chi connectivity index (χ1v) is 8.34. The van der Waals surface area contributed by atoms with Crippen molar-refractivity contribution in [1.29, 1.82) is 0 Å². The smallest absolute Gasteiger partial charge is 0.293 e. The van der Waals surface area contributed by atoms with E-state index in [9.17, 15) is 9.59 Å². The molecule has 2 aromatic heterocycles. The van der Waals surface area contributed by atoms with Crippen LogP contribution >= 0.6 is 0 Å². The largest absolute Gasteiger partial charge is 0.448 e. The highest BCUT2D eigenvalue weighted by molar-refractivity contribution is 5.96. The van der Waals surface area contributed by atoms with E-state index in [1.165, 1.54) is 12.8 Å². The van der Waals surface area contributed by atoms with Crippen molar-refractivity contribution in [2.75, 3.05) is 13.1 Å². The molecule has 0 aromatic carbocycles. The quantitative estimate of drug-likeness (QED) is 0.790. The van der Waals surface area contributed by atoms with Crippen LogP contribution in [0.15, 0.2) is 22.7 Å². The highest BCUT2D eigenvalue weighted by atomic mass is 16.3. The average Bonchev–Trinajstić information content (AvgIpc) is 3.03. The number of nitrogens with one attached hydrogen (secondary N) is 1. The van der Waals surface area contributed by atoms with Crippen LogP contribution in [0.3, 0.4) is 0 Å². The van der Waals surface area contributed by atoms with E-state index < -0.39 is 5.91 Å². The van der Waals surface area contributed by atoms with Gasteiger partial charge in [0.1, 0.15) is 11.3 Å². The summed E-state index contributed by atoms with van der Waals surface area (Å²) < 4.78 is 5.54. The molecule has 5 heterocycles. The number of hydrogen-bond donors (Lipinski definition) is 2. The summed E-state index contributed by atoms with van der Waals surface area (Å²) in [5.41, 5.74) is 5.79. The van der Waals surface area contributed by atoms with Gasteiger partial charge in [-0.2, -0.15) is 0 Å². The molecule has 7 nitrogen and oxygen atoms in total. The van der Waals surface area contributed by atoms with Crippen LogP contribution in [-0.4, -0.2) is 41.0 Å². The van der Waals surface area contributed by atoms with Gasteiger partial charge in [0.2, 0.25) is 0 Å². The maximum Gasteiger partial charge on any atom is 0.293 e. The van der Waals surface area contributed by atoms with Crippen LogP contribution in [0.5, 0.6) is 0 Å². The highest BCUT2D eigenvalue weighted by Crippen LogP contribution is 2.30. The number of primary amides is 1. The molecule has 0 saturated carbocycles. The number of nitrogens with two attached hydrogens (primary N) is 1. The summed E-state index contributed by atoms with van der Waals surface area (Å²) in [5.74, 6) is 4.84. The van der Waals surface area contributed by atoms with Gasteiger partial charge in [0, 0.05) is 42.7 Å². The van der Waals surface area contributed by atoms with Crippen molar-refractivity contribution in [2.45, 2.75) is 25.4 Å². The Balaban J connectivity index is 1.52. The number of rotatable bonds is 2. The van der Waals surface area contributed by atoms with E-state index in [0.717, 1.165) is 19.5 Å². The van der Waals surface area contributed by atoms with E-state index in [4.69, 9.17) is 10.2 Å². The third kappa shape index (κ3) is 3.21. The number of fused-ring (bicyclic) bond motifs is 4. The van der Waals surface area contributed by atoms with Gasteiger partial charge in [0.05, 0.1) is 6.17 Å². The van der Waals surface area contributed by atoms with E-state index in [-0.39, 0.29) is 12.1 Å². The molecule has 0 spiro atoms. The molecule has 2 aromatic rings. The molecule has 2 amide bonds. The molecule has 5 rings (SSSR count). The number of furan rings is 1. The molecule has 2 bridgehead atoms. The second kappa shape index (κ2) is 6.22. The van der Waals surface area contributed by atoms with Crippen LogP contribution in [0.2, 0.25) is 0 Å². The molecule has 1 atom stereocenters. The fraction of sp³-hybridized carbons (Fsp3) is 0.389. The lowest BCUT2D eigenvalue weighted by Crippen LogP contribution is -2.56. The van der Waals surface area contributed by atoms with E-state index in [1.54, 1.807) is 18.3 Å². The maximum absolute atomic E-state index is 12.5. The molecule has 128 valence electrons. The lowest BCUT2D eigenvalue weighted by atomic mass is 9.86. The third-order valence-corrected chi connectivity index (χ3v) is 4.89. The summed E-state index contributed by atoms with van der Waals surface area (Å²) in [6.07, 6.45) is 5.10. The lowest BCUT2D eigenvalue weighted by molar-refractivity contribution is -0.112. The number of carbonyl (C=O) groups excluding carboxylic acids is 2. The summed E-state index contributed by atoms with van der Waals surface area (Å²) in [4.78, 5) is 29.8. The summed E-state index contributed by atoms with van der Waals surface area (Å²) >= 11 is 0. The number of carbonyl (C=O) groups is 2. The van der Waals surface area contributed by atoms with Crippen molar-refractivity contribution in [3.05, 3.63) is 29.8 Å². The Kier molecular flexibility index (Phi) is 3.90. The first kappa shape index (κ1) is 15.7. The lowest BCUT2D eigenvalue weighted by Gasteiger charge is -2.45. The van der Waals surface area contributed by atoms with Gasteiger partial charge < -0.3 is 15.5 Å². The van der Waals surface area contributed by atoms with Crippen LogP contribution in [0.4, 0.5) is 0 Å². The SMILES string of the molecule is NC(=O)C#Cc1cc2cnc(C(=O)NC3CC4CCN3CC4)cc2o1. The number of nitrogens with zero attached hydrogens (tertiary/aromatic N) is 2. The Morgan fingerprint density at radius 1 is 1.32 bits per heavy atom. The molecule has 1 unspecified atom stereocenters. The third-order valence-electron chi connectivity index (χ3n) is 4.89. The molecule has 3 N–H and O–H groups in total. The zero-order chi connectivity index (χ0) is 17.4. The Labute approximate surface area is 144 Å². The highest BCUT2D eigenvalue weighted by Gasteiger charge is 2.34. The first-order valence-electron chi connectivity index (χ1n) is 8.34.